The third-order valence-corrected chi connectivity index (χ3v) is 1.85. The van der Waals surface area contributed by atoms with Crippen LogP contribution in [-0.2, 0) is 9.47 Å². The van der Waals surface area contributed by atoms with E-state index in [0.29, 0.717) is 12.2 Å². The first kappa shape index (κ1) is 8.02. The number of ether oxygens (including phenoxy) is 2. The monoisotopic (exact) mass is 144 g/mol. The molecule has 10 heavy (non-hydrogen) atoms. The molecule has 2 unspecified atom stereocenters. The van der Waals surface area contributed by atoms with Gasteiger partial charge >= 0.3 is 0 Å². The molecule has 1 heterocycles. The van der Waals surface area contributed by atoms with Crippen LogP contribution >= 0.6 is 0 Å². The molecule has 2 atom stereocenters. The Hall–Kier alpha value is -0.0800. The highest BCUT2D eigenvalue weighted by Gasteiger charge is 2.09. The minimum atomic E-state index is 0.382. The Kier molecular flexibility index (Phi) is 3.16. The van der Waals surface area contributed by atoms with Crippen LogP contribution in [0.25, 0.3) is 0 Å². The van der Waals surface area contributed by atoms with Crippen LogP contribution in [0.15, 0.2) is 0 Å². The number of hydrogen-bond acceptors (Lipinski definition) is 2. The average molecular weight is 144 g/mol. The molecule has 1 saturated heterocycles. The van der Waals surface area contributed by atoms with Crippen molar-refractivity contribution in [2.75, 3.05) is 13.2 Å². The van der Waals surface area contributed by atoms with Gasteiger partial charge in [0.15, 0.2) is 0 Å². The Morgan fingerprint density at radius 1 is 0.900 bits per heavy atom. The first-order valence-electron chi connectivity index (χ1n) is 4.02. The van der Waals surface area contributed by atoms with E-state index in [1.54, 1.807) is 0 Å². The van der Waals surface area contributed by atoms with Gasteiger partial charge in [0.05, 0.1) is 12.2 Å². The molecule has 0 spiro atoms. The molecule has 2 nitrogen and oxygen atoms in total. The van der Waals surface area contributed by atoms with Crippen LogP contribution < -0.4 is 0 Å². The highest BCUT2D eigenvalue weighted by molar-refractivity contribution is 4.57. The third-order valence-electron chi connectivity index (χ3n) is 1.85. The molecule has 1 rings (SSSR count). The molecular formula is C8H16O2. The molecule has 0 bridgehead atoms. The van der Waals surface area contributed by atoms with E-state index in [0.717, 1.165) is 26.1 Å². The quantitative estimate of drug-likeness (QED) is 0.514. The summed E-state index contributed by atoms with van der Waals surface area (Å²) in [5.41, 5.74) is 0. The van der Waals surface area contributed by atoms with E-state index in [-0.39, 0.29) is 0 Å². The van der Waals surface area contributed by atoms with E-state index in [1.807, 2.05) is 0 Å². The van der Waals surface area contributed by atoms with Crippen molar-refractivity contribution < 1.29 is 9.47 Å². The zero-order chi connectivity index (χ0) is 7.40. The smallest absolute Gasteiger partial charge is 0.0568 e. The zero-order valence-corrected chi connectivity index (χ0v) is 6.80. The molecule has 2 heteroatoms. The van der Waals surface area contributed by atoms with E-state index in [2.05, 4.69) is 13.8 Å². The fourth-order valence-corrected chi connectivity index (χ4v) is 1.04. The van der Waals surface area contributed by atoms with Crippen LogP contribution in [0.3, 0.4) is 0 Å². The molecule has 0 N–H and O–H groups in total. The van der Waals surface area contributed by atoms with Crippen LogP contribution in [0, 0.1) is 0 Å². The normalized spacial score (nSPS) is 36.6. The van der Waals surface area contributed by atoms with Gasteiger partial charge in [-0.1, -0.05) is 0 Å². The largest absolute Gasteiger partial charge is 0.378 e. The highest BCUT2D eigenvalue weighted by atomic mass is 16.5. The summed E-state index contributed by atoms with van der Waals surface area (Å²) in [6.07, 6.45) is 2.83. The minimum absolute atomic E-state index is 0.382. The first-order valence-corrected chi connectivity index (χ1v) is 4.02. The van der Waals surface area contributed by atoms with Crippen molar-refractivity contribution in [3.05, 3.63) is 0 Å². The Morgan fingerprint density at radius 3 is 1.70 bits per heavy atom. The summed E-state index contributed by atoms with van der Waals surface area (Å²) < 4.78 is 10.9. The summed E-state index contributed by atoms with van der Waals surface area (Å²) in [7, 11) is 0. The Labute approximate surface area is 62.5 Å². The topological polar surface area (TPSA) is 18.5 Å². The van der Waals surface area contributed by atoms with E-state index >= 15 is 0 Å². The summed E-state index contributed by atoms with van der Waals surface area (Å²) in [6, 6.07) is 0. The second kappa shape index (κ2) is 3.94. The summed E-state index contributed by atoms with van der Waals surface area (Å²) >= 11 is 0. The summed E-state index contributed by atoms with van der Waals surface area (Å²) in [5.74, 6) is 0. The van der Waals surface area contributed by atoms with Gasteiger partial charge < -0.3 is 9.47 Å². The van der Waals surface area contributed by atoms with Gasteiger partial charge in [-0.05, 0) is 26.7 Å². The summed E-state index contributed by atoms with van der Waals surface area (Å²) in [5, 5.41) is 0. The molecule has 1 fully saturated rings. The van der Waals surface area contributed by atoms with E-state index in [1.165, 1.54) is 0 Å². The third kappa shape index (κ3) is 2.67. The van der Waals surface area contributed by atoms with Gasteiger partial charge in [-0.2, -0.15) is 0 Å². The van der Waals surface area contributed by atoms with Crippen molar-refractivity contribution in [1.82, 2.24) is 0 Å². The standard InChI is InChI=1S/C8H16O2/c1-7-3-5-10-8(2)4-6-9-7/h7-8H,3-6H2,1-2H3. The Bertz CT molecular complexity index is 73.3. The predicted octanol–water partition coefficient (Wildman–Crippen LogP) is 1.59. The molecule has 0 aliphatic carbocycles. The predicted molar refractivity (Wildman–Crippen MR) is 40.1 cm³/mol. The summed E-state index contributed by atoms with van der Waals surface area (Å²) in [4.78, 5) is 0. The van der Waals surface area contributed by atoms with Gasteiger partial charge in [0.25, 0.3) is 0 Å². The van der Waals surface area contributed by atoms with Crippen LogP contribution in [0.5, 0.6) is 0 Å². The van der Waals surface area contributed by atoms with Crippen molar-refractivity contribution in [3.8, 4) is 0 Å². The van der Waals surface area contributed by atoms with Gasteiger partial charge in [-0.3, -0.25) is 0 Å². The maximum atomic E-state index is 5.47. The van der Waals surface area contributed by atoms with Crippen molar-refractivity contribution in [3.63, 3.8) is 0 Å². The second-order valence-corrected chi connectivity index (χ2v) is 2.94. The molecule has 0 aromatic carbocycles. The molecule has 0 radical (unpaired) electrons. The van der Waals surface area contributed by atoms with E-state index < -0.39 is 0 Å². The maximum Gasteiger partial charge on any atom is 0.0568 e. The van der Waals surface area contributed by atoms with Gasteiger partial charge in [-0.25, -0.2) is 0 Å². The van der Waals surface area contributed by atoms with Gasteiger partial charge in [-0.15, -0.1) is 0 Å². The van der Waals surface area contributed by atoms with Crippen molar-refractivity contribution in [2.45, 2.75) is 38.9 Å². The van der Waals surface area contributed by atoms with E-state index in [4.69, 9.17) is 9.47 Å². The minimum Gasteiger partial charge on any atom is -0.378 e. The zero-order valence-electron chi connectivity index (χ0n) is 6.80. The number of hydrogen-bond donors (Lipinski definition) is 0. The molecule has 60 valence electrons. The second-order valence-electron chi connectivity index (χ2n) is 2.94. The van der Waals surface area contributed by atoms with Crippen LogP contribution in [0.4, 0.5) is 0 Å². The Balaban J connectivity index is 2.21. The number of rotatable bonds is 0. The van der Waals surface area contributed by atoms with Crippen LogP contribution in [0.2, 0.25) is 0 Å². The van der Waals surface area contributed by atoms with Crippen LogP contribution in [0.1, 0.15) is 26.7 Å². The molecule has 0 aromatic rings. The lowest BCUT2D eigenvalue weighted by atomic mass is 10.2. The molecule has 0 saturated carbocycles. The highest BCUT2D eigenvalue weighted by Crippen LogP contribution is 2.07. The fourth-order valence-electron chi connectivity index (χ4n) is 1.04. The van der Waals surface area contributed by atoms with Gasteiger partial charge in [0.1, 0.15) is 0 Å². The first-order chi connectivity index (χ1) is 4.79. The molecule has 0 amide bonds. The molecule has 0 aromatic heterocycles. The van der Waals surface area contributed by atoms with Gasteiger partial charge in [0, 0.05) is 13.2 Å². The molecule has 1 aliphatic rings. The lowest BCUT2D eigenvalue weighted by Crippen LogP contribution is -2.22. The average Bonchev–Trinajstić information content (AvgIpc) is 1.84. The SMILES string of the molecule is CC1CCOC(C)CCO1. The van der Waals surface area contributed by atoms with Gasteiger partial charge in [0.2, 0.25) is 0 Å². The lowest BCUT2D eigenvalue weighted by molar-refractivity contribution is -0.0373. The van der Waals surface area contributed by atoms with Crippen molar-refractivity contribution in [2.24, 2.45) is 0 Å². The Morgan fingerprint density at radius 2 is 1.30 bits per heavy atom. The maximum absolute atomic E-state index is 5.47. The van der Waals surface area contributed by atoms with Crippen LogP contribution in [-0.4, -0.2) is 25.4 Å². The molecular weight excluding hydrogens is 128 g/mol. The van der Waals surface area contributed by atoms with Crippen molar-refractivity contribution in [1.29, 1.82) is 0 Å². The lowest BCUT2D eigenvalue weighted by Gasteiger charge is -2.20. The van der Waals surface area contributed by atoms with Crippen molar-refractivity contribution >= 4 is 0 Å². The molecule has 1 aliphatic heterocycles. The summed E-state index contributed by atoms with van der Waals surface area (Å²) in [6.45, 7) is 5.89. The fraction of sp³-hybridized carbons (Fsp3) is 1.00. The van der Waals surface area contributed by atoms with E-state index in [9.17, 15) is 0 Å².